The standard InChI is InChI=1S/C26H37N3O5S/c1-17(2)13-19(15-24(30)29-33)25(31)28-22(14-20-16-35-23-6-4-3-5-21(20)23)26(32)27-10-7-18-8-11-34-12-9-18/h3-6,16-19,22,33H,7-15H2,1-2H3,(H,27,32)(H,28,31)(H,29,30)/t19-,22?/m1/s1. The maximum Gasteiger partial charge on any atom is 0.244 e. The Morgan fingerprint density at radius 2 is 1.89 bits per heavy atom. The van der Waals surface area contributed by atoms with E-state index in [1.165, 1.54) is 0 Å². The number of amides is 3. The first-order valence-corrected chi connectivity index (χ1v) is 13.3. The molecule has 1 saturated heterocycles. The monoisotopic (exact) mass is 503 g/mol. The van der Waals surface area contributed by atoms with Gasteiger partial charge in [0.2, 0.25) is 17.7 Å². The summed E-state index contributed by atoms with van der Waals surface area (Å²) in [5.41, 5.74) is 2.61. The fourth-order valence-corrected chi connectivity index (χ4v) is 5.56. The summed E-state index contributed by atoms with van der Waals surface area (Å²) in [5.74, 6) is -1.14. The lowest BCUT2D eigenvalue weighted by molar-refractivity contribution is -0.136. The molecule has 0 radical (unpaired) electrons. The number of benzene rings is 1. The van der Waals surface area contributed by atoms with Crippen molar-refractivity contribution in [1.82, 2.24) is 16.1 Å². The molecule has 0 spiro atoms. The van der Waals surface area contributed by atoms with Gasteiger partial charge >= 0.3 is 0 Å². The molecule has 0 saturated carbocycles. The van der Waals surface area contributed by atoms with Gasteiger partial charge in [-0.3, -0.25) is 19.6 Å². The SMILES string of the molecule is CC(C)C[C@H](CC(=O)NO)C(=O)NC(Cc1csc2ccccc12)C(=O)NCCC1CCOCC1. The first-order chi connectivity index (χ1) is 16.9. The van der Waals surface area contributed by atoms with E-state index in [1.54, 1.807) is 16.8 Å². The first-order valence-electron chi connectivity index (χ1n) is 12.4. The van der Waals surface area contributed by atoms with E-state index in [9.17, 15) is 14.4 Å². The van der Waals surface area contributed by atoms with Crippen LogP contribution in [-0.2, 0) is 25.5 Å². The molecule has 8 nitrogen and oxygen atoms in total. The third-order valence-electron chi connectivity index (χ3n) is 6.49. The van der Waals surface area contributed by atoms with Crippen LogP contribution in [0.15, 0.2) is 29.6 Å². The molecule has 9 heteroatoms. The number of fused-ring (bicyclic) bond motifs is 1. The van der Waals surface area contributed by atoms with Crippen LogP contribution in [0, 0.1) is 17.8 Å². The van der Waals surface area contributed by atoms with Gasteiger partial charge in [-0.15, -0.1) is 11.3 Å². The minimum absolute atomic E-state index is 0.139. The number of thiophene rings is 1. The zero-order chi connectivity index (χ0) is 25.2. The topological polar surface area (TPSA) is 117 Å². The molecule has 3 rings (SSSR count). The molecule has 1 aromatic carbocycles. The van der Waals surface area contributed by atoms with Gasteiger partial charge in [-0.2, -0.15) is 0 Å². The molecule has 1 unspecified atom stereocenters. The van der Waals surface area contributed by atoms with Gasteiger partial charge in [0.15, 0.2) is 0 Å². The van der Waals surface area contributed by atoms with Crippen molar-refractivity contribution >= 4 is 39.1 Å². The largest absolute Gasteiger partial charge is 0.381 e. The van der Waals surface area contributed by atoms with Crippen molar-refractivity contribution in [2.24, 2.45) is 17.8 Å². The van der Waals surface area contributed by atoms with Crippen molar-refractivity contribution in [2.45, 2.75) is 58.4 Å². The molecule has 0 bridgehead atoms. The number of rotatable bonds is 12. The van der Waals surface area contributed by atoms with Gasteiger partial charge < -0.3 is 15.4 Å². The highest BCUT2D eigenvalue weighted by Gasteiger charge is 2.28. The summed E-state index contributed by atoms with van der Waals surface area (Å²) in [7, 11) is 0. The van der Waals surface area contributed by atoms with Crippen LogP contribution < -0.4 is 16.1 Å². The van der Waals surface area contributed by atoms with Gasteiger partial charge in [0.1, 0.15) is 6.04 Å². The van der Waals surface area contributed by atoms with Gasteiger partial charge in [0, 0.05) is 43.2 Å². The fraction of sp³-hybridized carbons (Fsp3) is 0.577. The highest BCUT2D eigenvalue weighted by atomic mass is 32.1. The van der Waals surface area contributed by atoms with Gasteiger partial charge in [0.25, 0.3) is 0 Å². The van der Waals surface area contributed by atoms with Crippen molar-refractivity contribution < 1.29 is 24.3 Å². The molecular weight excluding hydrogens is 466 g/mol. The molecule has 192 valence electrons. The molecule has 2 atom stereocenters. The van der Waals surface area contributed by atoms with Gasteiger partial charge in [-0.05, 0) is 59.9 Å². The number of nitrogens with one attached hydrogen (secondary N) is 3. The number of carbonyl (C=O) groups is 3. The molecule has 4 N–H and O–H groups in total. The normalized spacial score (nSPS) is 16.1. The summed E-state index contributed by atoms with van der Waals surface area (Å²) in [6, 6.07) is 7.25. The van der Waals surface area contributed by atoms with Gasteiger partial charge in [-0.25, -0.2) is 5.48 Å². The van der Waals surface area contributed by atoms with Crippen LogP contribution in [0.1, 0.15) is 51.5 Å². The Morgan fingerprint density at radius 3 is 2.60 bits per heavy atom. The second-order valence-electron chi connectivity index (χ2n) is 9.72. The molecular formula is C26H37N3O5S. The van der Waals surface area contributed by atoms with E-state index in [0.29, 0.717) is 25.3 Å². The number of ether oxygens (including phenoxy) is 1. The van der Waals surface area contributed by atoms with Crippen LogP contribution in [0.3, 0.4) is 0 Å². The minimum Gasteiger partial charge on any atom is -0.381 e. The van der Waals surface area contributed by atoms with E-state index >= 15 is 0 Å². The smallest absolute Gasteiger partial charge is 0.244 e. The molecule has 2 aromatic rings. The van der Waals surface area contributed by atoms with E-state index in [-0.39, 0.29) is 24.2 Å². The van der Waals surface area contributed by atoms with Crippen LogP contribution in [0.5, 0.6) is 0 Å². The average molecular weight is 504 g/mol. The third kappa shape index (κ3) is 8.30. The summed E-state index contributed by atoms with van der Waals surface area (Å²) >= 11 is 1.61. The zero-order valence-corrected chi connectivity index (χ0v) is 21.4. The van der Waals surface area contributed by atoms with Crippen molar-refractivity contribution in [2.75, 3.05) is 19.8 Å². The summed E-state index contributed by atoms with van der Waals surface area (Å²) in [6.45, 7) is 6.01. The van der Waals surface area contributed by atoms with Crippen LogP contribution in [0.4, 0.5) is 0 Å². The third-order valence-corrected chi connectivity index (χ3v) is 7.51. The van der Waals surface area contributed by atoms with Crippen molar-refractivity contribution in [1.29, 1.82) is 0 Å². The highest BCUT2D eigenvalue weighted by molar-refractivity contribution is 7.17. The Bertz CT molecular complexity index is 986. The molecule has 1 aliphatic heterocycles. The van der Waals surface area contributed by atoms with E-state index in [2.05, 4.69) is 10.6 Å². The Hall–Kier alpha value is -2.49. The Labute approximate surface area is 210 Å². The van der Waals surface area contributed by atoms with Crippen LogP contribution in [0.25, 0.3) is 10.1 Å². The maximum atomic E-state index is 13.2. The van der Waals surface area contributed by atoms with E-state index in [1.807, 2.05) is 43.5 Å². The predicted octanol–water partition coefficient (Wildman–Crippen LogP) is 3.42. The van der Waals surface area contributed by atoms with E-state index in [0.717, 1.165) is 48.1 Å². The van der Waals surface area contributed by atoms with E-state index in [4.69, 9.17) is 9.94 Å². The quantitative estimate of drug-likeness (QED) is 0.262. The van der Waals surface area contributed by atoms with Crippen molar-refractivity contribution in [3.8, 4) is 0 Å². The average Bonchev–Trinajstić information content (AvgIpc) is 3.26. The van der Waals surface area contributed by atoms with Crippen molar-refractivity contribution in [3.05, 3.63) is 35.2 Å². The summed E-state index contributed by atoms with van der Waals surface area (Å²) in [5, 5.41) is 18.0. The minimum atomic E-state index is -0.762. The predicted molar refractivity (Wildman–Crippen MR) is 136 cm³/mol. The maximum absolute atomic E-state index is 13.2. The summed E-state index contributed by atoms with van der Waals surface area (Å²) in [4.78, 5) is 38.2. The molecule has 1 fully saturated rings. The first kappa shape index (κ1) is 27.1. The fourth-order valence-electron chi connectivity index (χ4n) is 4.59. The number of hydroxylamine groups is 1. The van der Waals surface area contributed by atoms with Crippen molar-refractivity contribution in [3.63, 3.8) is 0 Å². The number of carbonyl (C=O) groups excluding carboxylic acids is 3. The lowest BCUT2D eigenvalue weighted by Crippen LogP contribution is -2.50. The second kappa shape index (κ2) is 13.6. The van der Waals surface area contributed by atoms with E-state index < -0.39 is 17.9 Å². The lowest BCUT2D eigenvalue weighted by Gasteiger charge is -2.24. The second-order valence-corrected chi connectivity index (χ2v) is 10.6. The van der Waals surface area contributed by atoms with Crippen LogP contribution in [-0.4, -0.2) is 48.7 Å². The zero-order valence-electron chi connectivity index (χ0n) is 20.5. The Morgan fingerprint density at radius 1 is 1.14 bits per heavy atom. The van der Waals surface area contributed by atoms with Gasteiger partial charge in [-0.1, -0.05) is 32.0 Å². The molecule has 1 aromatic heterocycles. The molecule has 1 aliphatic rings. The lowest BCUT2D eigenvalue weighted by atomic mass is 9.92. The summed E-state index contributed by atoms with van der Waals surface area (Å²) in [6.07, 6.45) is 3.57. The Kier molecular flexibility index (Phi) is 10.5. The highest BCUT2D eigenvalue weighted by Crippen LogP contribution is 2.27. The number of hydrogen-bond donors (Lipinski definition) is 4. The molecule has 3 amide bonds. The molecule has 2 heterocycles. The summed E-state index contributed by atoms with van der Waals surface area (Å²) < 4.78 is 6.54. The van der Waals surface area contributed by atoms with Crippen LogP contribution in [0.2, 0.25) is 0 Å². The van der Waals surface area contributed by atoms with Gasteiger partial charge in [0.05, 0.1) is 0 Å². The Balaban J connectivity index is 1.71. The molecule has 0 aliphatic carbocycles. The number of hydrogen-bond acceptors (Lipinski definition) is 6. The van der Waals surface area contributed by atoms with Crippen LogP contribution >= 0.6 is 11.3 Å². The molecule has 35 heavy (non-hydrogen) atoms.